The number of amides is 1. The van der Waals surface area contributed by atoms with Crippen molar-refractivity contribution < 1.29 is 4.79 Å². The topological polar surface area (TPSA) is 20.3 Å². The second-order valence-corrected chi connectivity index (χ2v) is 2.09. The Balaban J connectivity index is 3.32. The molecule has 0 unspecified atom stereocenters. The third-order valence-electron chi connectivity index (χ3n) is 0.886. The highest BCUT2D eigenvalue weighted by molar-refractivity contribution is 7.96. The summed E-state index contributed by atoms with van der Waals surface area (Å²) in [5, 5.41) is -0.160. The Labute approximate surface area is 55.3 Å². The normalized spacial score (nSPS) is 8.88. The molecule has 0 spiro atoms. The van der Waals surface area contributed by atoms with Crippen LogP contribution in [-0.2, 0) is 0 Å². The molecule has 0 atom stereocenters. The second kappa shape index (κ2) is 3.78. The highest BCUT2D eigenvalue weighted by atomic mass is 32.1. The van der Waals surface area contributed by atoms with Crippen LogP contribution in [0.5, 0.6) is 0 Å². The molecule has 0 rings (SSSR count). The Hall–Kier alpha value is -0.180. The van der Waals surface area contributed by atoms with Crippen molar-refractivity contribution >= 4 is 17.9 Å². The first-order chi connectivity index (χ1) is 3.68. The molecule has 3 heteroatoms. The summed E-state index contributed by atoms with van der Waals surface area (Å²) in [5.74, 6) is 0. The SMILES string of the molecule is CCCN(C)C(=O)S. The molecular formula is C5H11NOS. The Kier molecular flexibility index (Phi) is 3.69. The van der Waals surface area contributed by atoms with Crippen molar-refractivity contribution in [2.75, 3.05) is 13.6 Å². The minimum atomic E-state index is -0.160. The second-order valence-electron chi connectivity index (χ2n) is 1.70. The summed E-state index contributed by atoms with van der Waals surface area (Å²) in [6, 6.07) is 0. The molecule has 0 aliphatic carbocycles. The maximum Gasteiger partial charge on any atom is 0.278 e. The molecule has 0 fully saturated rings. The lowest BCUT2D eigenvalue weighted by Crippen LogP contribution is -2.21. The summed E-state index contributed by atoms with van der Waals surface area (Å²) < 4.78 is 0. The number of hydrogen-bond acceptors (Lipinski definition) is 1. The van der Waals surface area contributed by atoms with E-state index in [0.717, 1.165) is 13.0 Å². The number of nitrogens with zero attached hydrogens (tertiary/aromatic N) is 1. The third kappa shape index (κ3) is 2.91. The predicted octanol–water partition coefficient (Wildman–Crippen LogP) is 1.38. The number of thiol groups is 1. The quantitative estimate of drug-likeness (QED) is 0.564. The van der Waals surface area contributed by atoms with Crippen LogP contribution in [0.25, 0.3) is 0 Å². The monoisotopic (exact) mass is 133 g/mol. The number of carbonyl (C=O) groups excluding carboxylic acids is 1. The van der Waals surface area contributed by atoms with Crippen LogP contribution in [0.3, 0.4) is 0 Å². The smallest absolute Gasteiger partial charge is 0.278 e. The highest BCUT2D eigenvalue weighted by Gasteiger charge is 1.97. The van der Waals surface area contributed by atoms with Crippen LogP contribution >= 0.6 is 12.6 Å². The van der Waals surface area contributed by atoms with Crippen molar-refractivity contribution in [1.29, 1.82) is 0 Å². The Bertz CT molecular complexity index is 84.5. The fourth-order valence-corrected chi connectivity index (χ4v) is 0.531. The van der Waals surface area contributed by atoms with Crippen molar-refractivity contribution in [3.8, 4) is 0 Å². The average Bonchev–Trinajstić information content (AvgIpc) is 1.67. The molecule has 0 N–H and O–H groups in total. The molecule has 1 amide bonds. The van der Waals surface area contributed by atoms with Crippen LogP contribution in [-0.4, -0.2) is 23.7 Å². The fourth-order valence-electron chi connectivity index (χ4n) is 0.431. The zero-order chi connectivity index (χ0) is 6.57. The largest absolute Gasteiger partial charge is 0.337 e. The van der Waals surface area contributed by atoms with Gasteiger partial charge in [-0.1, -0.05) is 19.6 Å². The van der Waals surface area contributed by atoms with Crippen molar-refractivity contribution in [1.82, 2.24) is 4.90 Å². The van der Waals surface area contributed by atoms with E-state index >= 15 is 0 Å². The lowest BCUT2D eigenvalue weighted by molar-refractivity contribution is 0.234. The van der Waals surface area contributed by atoms with E-state index in [1.807, 2.05) is 6.92 Å². The summed E-state index contributed by atoms with van der Waals surface area (Å²) in [7, 11) is 1.73. The van der Waals surface area contributed by atoms with Crippen LogP contribution in [0, 0.1) is 0 Å². The first-order valence-electron chi connectivity index (χ1n) is 2.62. The van der Waals surface area contributed by atoms with Crippen LogP contribution in [0.2, 0.25) is 0 Å². The summed E-state index contributed by atoms with van der Waals surface area (Å²) in [6.07, 6.45) is 0.989. The van der Waals surface area contributed by atoms with E-state index in [1.54, 1.807) is 11.9 Å². The molecule has 0 aromatic rings. The molecule has 0 aromatic heterocycles. The molecule has 0 saturated carbocycles. The van der Waals surface area contributed by atoms with Crippen LogP contribution in [0.1, 0.15) is 13.3 Å². The lowest BCUT2D eigenvalue weighted by atomic mass is 10.5. The summed E-state index contributed by atoms with van der Waals surface area (Å²) in [6.45, 7) is 2.82. The van der Waals surface area contributed by atoms with Gasteiger partial charge in [0, 0.05) is 13.6 Å². The van der Waals surface area contributed by atoms with Gasteiger partial charge in [-0.05, 0) is 6.42 Å². The Morgan fingerprint density at radius 1 is 1.75 bits per heavy atom. The molecule has 0 heterocycles. The Morgan fingerprint density at radius 2 is 2.25 bits per heavy atom. The van der Waals surface area contributed by atoms with Gasteiger partial charge in [-0.3, -0.25) is 4.79 Å². The van der Waals surface area contributed by atoms with Gasteiger partial charge in [0.2, 0.25) is 0 Å². The highest BCUT2D eigenvalue weighted by Crippen LogP contribution is 1.91. The van der Waals surface area contributed by atoms with E-state index in [2.05, 4.69) is 12.6 Å². The van der Waals surface area contributed by atoms with E-state index in [1.165, 1.54) is 0 Å². The molecule has 8 heavy (non-hydrogen) atoms. The Morgan fingerprint density at radius 3 is 2.38 bits per heavy atom. The van der Waals surface area contributed by atoms with E-state index in [0.29, 0.717) is 0 Å². The van der Waals surface area contributed by atoms with Gasteiger partial charge in [-0.2, -0.15) is 0 Å². The van der Waals surface area contributed by atoms with Crippen LogP contribution in [0.15, 0.2) is 0 Å². The summed E-state index contributed by atoms with van der Waals surface area (Å²) >= 11 is 3.61. The van der Waals surface area contributed by atoms with E-state index in [-0.39, 0.29) is 5.24 Å². The third-order valence-corrected chi connectivity index (χ3v) is 1.23. The van der Waals surface area contributed by atoms with Gasteiger partial charge < -0.3 is 4.90 Å². The average molecular weight is 133 g/mol. The fraction of sp³-hybridized carbons (Fsp3) is 0.800. The predicted molar refractivity (Wildman–Crippen MR) is 37.3 cm³/mol. The lowest BCUT2D eigenvalue weighted by Gasteiger charge is -2.10. The van der Waals surface area contributed by atoms with E-state index in [4.69, 9.17) is 0 Å². The number of hydrogen-bond donors (Lipinski definition) is 1. The van der Waals surface area contributed by atoms with Gasteiger partial charge in [-0.15, -0.1) is 0 Å². The standard InChI is InChI=1S/C5H11NOS/c1-3-4-6(2)5(7)8/h3-4H2,1-2H3,(H,7,8). The molecule has 0 aliphatic rings. The van der Waals surface area contributed by atoms with Gasteiger partial charge in [0.05, 0.1) is 0 Å². The van der Waals surface area contributed by atoms with Crippen molar-refractivity contribution in [3.63, 3.8) is 0 Å². The van der Waals surface area contributed by atoms with Crippen molar-refractivity contribution in [2.24, 2.45) is 0 Å². The zero-order valence-electron chi connectivity index (χ0n) is 5.22. The van der Waals surface area contributed by atoms with Gasteiger partial charge in [-0.25, -0.2) is 0 Å². The number of carbonyl (C=O) groups is 1. The van der Waals surface area contributed by atoms with Crippen LogP contribution < -0.4 is 0 Å². The van der Waals surface area contributed by atoms with E-state index in [9.17, 15) is 4.79 Å². The molecule has 0 radical (unpaired) electrons. The van der Waals surface area contributed by atoms with Gasteiger partial charge in [0.1, 0.15) is 0 Å². The van der Waals surface area contributed by atoms with Crippen molar-refractivity contribution in [2.45, 2.75) is 13.3 Å². The maximum absolute atomic E-state index is 10.3. The van der Waals surface area contributed by atoms with Gasteiger partial charge in [0.15, 0.2) is 0 Å². The van der Waals surface area contributed by atoms with Crippen molar-refractivity contribution in [3.05, 3.63) is 0 Å². The van der Waals surface area contributed by atoms with Gasteiger partial charge >= 0.3 is 0 Å². The minimum Gasteiger partial charge on any atom is -0.337 e. The maximum atomic E-state index is 10.3. The molecule has 48 valence electrons. The summed E-state index contributed by atoms with van der Waals surface area (Å²) in [4.78, 5) is 11.9. The molecule has 0 aliphatic heterocycles. The van der Waals surface area contributed by atoms with E-state index < -0.39 is 0 Å². The molecule has 2 nitrogen and oxygen atoms in total. The molecule has 0 aromatic carbocycles. The molecular weight excluding hydrogens is 122 g/mol. The van der Waals surface area contributed by atoms with Gasteiger partial charge in [0.25, 0.3) is 5.24 Å². The molecule has 0 bridgehead atoms. The summed E-state index contributed by atoms with van der Waals surface area (Å²) in [5.41, 5.74) is 0. The van der Waals surface area contributed by atoms with Crippen LogP contribution in [0.4, 0.5) is 4.79 Å². The first kappa shape index (κ1) is 7.82. The molecule has 0 saturated heterocycles. The first-order valence-corrected chi connectivity index (χ1v) is 3.07. The zero-order valence-corrected chi connectivity index (χ0v) is 6.11. The number of rotatable bonds is 2. The minimum absolute atomic E-state index is 0.160.